The van der Waals surface area contributed by atoms with E-state index in [-0.39, 0.29) is 18.1 Å². The van der Waals surface area contributed by atoms with Gasteiger partial charge in [0, 0.05) is 17.0 Å². The molecule has 0 saturated carbocycles. The fraction of sp³-hybridized carbons (Fsp3) is 0.452. The molecule has 15 heteroatoms. The minimum atomic E-state index is -1.38. The number of para-hydroxylation sites is 1. The minimum absolute atomic E-state index is 0.108. The molecule has 3 aliphatic heterocycles. The van der Waals surface area contributed by atoms with Gasteiger partial charge in [0.05, 0.1) is 49.0 Å². The lowest BCUT2D eigenvalue weighted by Gasteiger charge is -2.50. The minimum Gasteiger partial charge on any atom is -0.543 e. The molecule has 0 aliphatic carbocycles. The summed E-state index contributed by atoms with van der Waals surface area (Å²) in [6, 6.07) is 14.4. The quantitative estimate of drug-likeness (QED) is 0.0656. The van der Waals surface area contributed by atoms with Crippen molar-refractivity contribution in [1.82, 2.24) is 25.1 Å². The maximum atomic E-state index is 14.8. The largest absolute Gasteiger partial charge is 0.543 e. The average molecular weight is 813 g/mol. The second kappa shape index (κ2) is 18.3. The van der Waals surface area contributed by atoms with Gasteiger partial charge in [-0.15, -0.1) is 21.5 Å². The lowest BCUT2D eigenvalue weighted by molar-refractivity contribution is -0.945. The second-order valence-corrected chi connectivity index (χ2v) is 17.5. The molecule has 2 bridgehead atoms. The summed E-state index contributed by atoms with van der Waals surface area (Å²) in [5.41, 5.74) is 2.14. The lowest BCUT2D eigenvalue weighted by Crippen LogP contribution is -2.60. The molecule has 300 valence electrons. The number of thiazole rings is 2. The molecule has 2 aromatic carbocycles. The van der Waals surface area contributed by atoms with Gasteiger partial charge in [-0.1, -0.05) is 35.3 Å². The van der Waals surface area contributed by atoms with E-state index >= 15 is 0 Å². The van der Waals surface area contributed by atoms with Crippen molar-refractivity contribution >= 4 is 60.8 Å². The SMILES string of the molecule is Cc1cc(N(CCCC(O)C[N+]23CCC(CC2)CC3)c2nc(C(=O)[O-])c(CCCOc3ccc(C#CCN(C)C)cc3F)s2)nnc1Nc1nc2ccccc2s1. The molecule has 1 unspecified atom stereocenters. The van der Waals surface area contributed by atoms with E-state index < -0.39 is 17.9 Å². The number of quaternary nitrogens is 1. The number of aromatic carboxylic acids is 1. The summed E-state index contributed by atoms with van der Waals surface area (Å²) in [6.07, 6.45) is 5.27. The number of aliphatic hydroxyl groups is 1. The van der Waals surface area contributed by atoms with Crippen LogP contribution in [0, 0.1) is 30.5 Å². The van der Waals surface area contributed by atoms with Crippen LogP contribution in [0.1, 0.15) is 65.0 Å². The first-order chi connectivity index (χ1) is 27.5. The molecule has 57 heavy (non-hydrogen) atoms. The molecule has 3 aliphatic rings. The van der Waals surface area contributed by atoms with E-state index in [1.165, 1.54) is 48.0 Å². The van der Waals surface area contributed by atoms with E-state index in [1.807, 2.05) is 61.2 Å². The first kappa shape index (κ1) is 40.5. The van der Waals surface area contributed by atoms with E-state index in [0.29, 0.717) is 71.1 Å². The molecule has 12 nitrogen and oxygen atoms in total. The summed E-state index contributed by atoms with van der Waals surface area (Å²) in [4.78, 5) is 25.9. The molecule has 3 aromatic heterocycles. The average Bonchev–Trinajstić information content (AvgIpc) is 3.81. The Morgan fingerprint density at radius 2 is 1.88 bits per heavy atom. The Morgan fingerprint density at radius 3 is 2.60 bits per heavy atom. The number of hydrogen-bond acceptors (Lipinski definition) is 13. The number of anilines is 4. The molecule has 0 amide bonds. The van der Waals surface area contributed by atoms with Crippen LogP contribution in [0.15, 0.2) is 48.5 Å². The molecule has 3 saturated heterocycles. The highest BCUT2D eigenvalue weighted by atomic mass is 32.1. The number of carbonyl (C=O) groups excluding carboxylic acids is 1. The van der Waals surface area contributed by atoms with Crippen molar-refractivity contribution < 1.29 is 28.6 Å². The number of rotatable bonds is 17. The summed E-state index contributed by atoms with van der Waals surface area (Å²) < 4.78 is 22.6. The van der Waals surface area contributed by atoms with Crippen LogP contribution >= 0.6 is 22.7 Å². The molecule has 1 atom stereocenters. The zero-order chi connectivity index (χ0) is 39.9. The van der Waals surface area contributed by atoms with Gasteiger partial charge in [-0.3, -0.25) is 4.90 Å². The number of piperidine rings is 3. The van der Waals surface area contributed by atoms with Gasteiger partial charge in [0.15, 0.2) is 33.5 Å². The van der Waals surface area contributed by atoms with Crippen LogP contribution in [-0.4, -0.2) is 107 Å². The van der Waals surface area contributed by atoms with Crippen LogP contribution in [0.5, 0.6) is 5.75 Å². The monoisotopic (exact) mass is 812 g/mol. The Hall–Kier alpha value is -4.72. The number of nitrogens with zero attached hydrogens (tertiary/aromatic N) is 7. The Labute approximate surface area is 340 Å². The number of carboxylic acids is 1. The first-order valence-electron chi connectivity index (χ1n) is 19.6. The highest BCUT2D eigenvalue weighted by Crippen LogP contribution is 2.36. The standard InChI is InChI=1S/C42H49FN8O4S2/c1-28-25-37(47-48-39(28)46-41-44-33-11-4-5-12-35(33)56-41)50(20-7-10-31(52)27-51-21-16-29(17-22-51)18-23-51)42-45-38(40(53)54)36(57-42)13-8-24-55-34-15-14-30(26-32(34)43)9-6-19-49(2)3/h4-5,11-12,14-15,25-26,29,31,52H,7-8,10,13,16-24,27H2,1-3H3,(H-,44,46,48,53,54). The van der Waals surface area contributed by atoms with E-state index in [1.54, 1.807) is 12.1 Å². The van der Waals surface area contributed by atoms with E-state index in [9.17, 15) is 19.4 Å². The molecular weight excluding hydrogens is 764 g/mol. The first-order valence-corrected chi connectivity index (χ1v) is 21.2. The van der Waals surface area contributed by atoms with Gasteiger partial charge in [0.2, 0.25) is 0 Å². The summed E-state index contributed by atoms with van der Waals surface area (Å²) in [6.45, 7) is 7.30. The normalized spacial score (nSPS) is 18.0. The fourth-order valence-corrected chi connectivity index (χ4v) is 9.68. The molecule has 6 heterocycles. The van der Waals surface area contributed by atoms with E-state index in [2.05, 4.69) is 37.3 Å². The predicted molar refractivity (Wildman–Crippen MR) is 221 cm³/mol. The zero-order valence-corrected chi connectivity index (χ0v) is 34.3. The number of aromatic nitrogens is 4. The third kappa shape index (κ3) is 10.2. The van der Waals surface area contributed by atoms with Crippen LogP contribution < -0.4 is 20.1 Å². The topological polar surface area (TPSA) is 140 Å². The van der Waals surface area contributed by atoms with Gasteiger partial charge >= 0.3 is 0 Å². The van der Waals surface area contributed by atoms with Gasteiger partial charge < -0.3 is 34.4 Å². The third-order valence-corrected chi connectivity index (χ3v) is 12.9. The number of aryl methyl sites for hydroxylation is 2. The molecule has 2 N–H and O–H groups in total. The van der Waals surface area contributed by atoms with Crippen molar-refractivity contribution in [2.45, 2.75) is 58.0 Å². The van der Waals surface area contributed by atoms with Crippen LogP contribution in [0.4, 0.5) is 26.3 Å². The van der Waals surface area contributed by atoms with Gasteiger partial charge in [0.1, 0.15) is 18.3 Å². The van der Waals surface area contributed by atoms with Crippen LogP contribution in [0.3, 0.4) is 0 Å². The summed E-state index contributed by atoms with van der Waals surface area (Å²) >= 11 is 2.78. The Bertz CT molecular complexity index is 2200. The molecular formula is C42H49FN8O4S2. The third-order valence-electron chi connectivity index (χ3n) is 10.8. The predicted octanol–water partition coefficient (Wildman–Crippen LogP) is 5.93. The Morgan fingerprint density at radius 1 is 1.09 bits per heavy atom. The number of fused-ring (bicyclic) bond motifs is 4. The fourth-order valence-electron chi connectivity index (χ4n) is 7.69. The number of halogens is 1. The Kier molecular flexibility index (Phi) is 13.0. The van der Waals surface area contributed by atoms with Crippen molar-refractivity contribution in [1.29, 1.82) is 0 Å². The highest BCUT2D eigenvalue weighted by molar-refractivity contribution is 7.22. The number of nitrogens with one attached hydrogen (secondary N) is 1. The number of carbonyl (C=O) groups is 1. The van der Waals surface area contributed by atoms with Crippen molar-refractivity contribution in [3.8, 4) is 17.6 Å². The van der Waals surface area contributed by atoms with Crippen LogP contribution in [0.25, 0.3) is 10.2 Å². The van der Waals surface area contributed by atoms with Crippen molar-refractivity contribution in [3.63, 3.8) is 0 Å². The smallest absolute Gasteiger partial charge is 0.191 e. The van der Waals surface area contributed by atoms with E-state index in [0.717, 1.165) is 52.4 Å². The molecule has 5 aromatic rings. The number of carboxylic acid groups (broad SMARTS) is 1. The van der Waals surface area contributed by atoms with Gasteiger partial charge in [-0.05, 0) is 114 Å². The summed E-state index contributed by atoms with van der Waals surface area (Å²) in [7, 11) is 3.83. The maximum Gasteiger partial charge on any atom is 0.191 e. The van der Waals surface area contributed by atoms with Crippen LogP contribution in [0.2, 0.25) is 0 Å². The lowest BCUT2D eigenvalue weighted by atomic mass is 9.85. The van der Waals surface area contributed by atoms with Gasteiger partial charge in [0.25, 0.3) is 0 Å². The van der Waals surface area contributed by atoms with Gasteiger partial charge in [-0.25, -0.2) is 14.4 Å². The Balaban J connectivity index is 1.05. The van der Waals surface area contributed by atoms with Gasteiger partial charge in [-0.2, -0.15) is 0 Å². The number of ether oxygens (including phenoxy) is 1. The van der Waals surface area contributed by atoms with Crippen molar-refractivity contribution in [2.75, 3.05) is 70.2 Å². The van der Waals surface area contributed by atoms with Crippen LogP contribution in [-0.2, 0) is 6.42 Å². The summed E-state index contributed by atoms with van der Waals surface area (Å²) in [5, 5.41) is 37.2. The highest BCUT2D eigenvalue weighted by Gasteiger charge is 2.40. The second-order valence-electron chi connectivity index (χ2n) is 15.4. The zero-order valence-electron chi connectivity index (χ0n) is 32.7. The number of aliphatic hydroxyl groups excluding tert-OH is 1. The molecule has 3 fully saturated rings. The molecule has 0 radical (unpaired) electrons. The number of hydrogen-bond donors (Lipinski definition) is 2. The van der Waals surface area contributed by atoms with E-state index in [4.69, 9.17) is 4.74 Å². The van der Waals surface area contributed by atoms with Crippen molar-refractivity contribution in [3.05, 3.63) is 76.0 Å². The number of benzene rings is 2. The maximum absolute atomic E-state index is 14.8. The summed E-state index contributed by atoms with van der Waals surface area (Å²) in [5.74, 6) is 6.08. The molecule has 0 spiro atoms. The molecule has 8 rings (SSSR count). The van der Waals surface area contributed by atoms with Crippen molar-refractivity contribution in [2.24, 2.45) is 5.92 Å².